The van der Waals surface area contributed by atoms with Crippen LogP contribution in [-0.2, 0) is 4.79 Å². The van der Waals surface area contributed by atoms with Crippen molar-refractivity contribution in [3.05, 3.63) is 23.4 Å². The van der Waals surface area contributed by atoms with E-state index in [1.54, 1.807) is 31.0 Å². The monoisotopic (exact) mass is 277 g/mol. The third-order valence-corrected chi connectivity index (χ3v) is 3.33. The van der Waals surface area contributed by atoms with Crippen molar-refractivity contribution in [3.8, 4) is 0 Å². The molecule has 0 bridgehead atoms. The summed E-state index contributed by atoms with van der Waals surface area (Å²) >= 11 is 0. The van der Waals surface area contributed by atoms with Crippen LogP contribution in [0.15, 0.2) is 12.1 Å². The minimum Gasteiger partial charge on any atom is -0.348 e. The molecule has 0 spiro atoms. The van der Waals surface area contributed by atoms with Gasteiger partial charge in [-0.2, -0.15) is 0 Å². The normalized spacial score (nSPS) is 18.9. The number of hydrogen-bond acceptors (Lipinski definition) is 5. The molecule has 1 fully saturated rings. The highest BCUT2D eigenvalue weighted by Gasteiger charge is 2.24. The first-order chi connectivity index (χ1) is 9.49. The molecule has 0 radical (unpaired) electrons. The number of anilines is 1. The highest BCUT2D eigenvalue weighted by molar-refractivity contribution is 5.95. The second-order valence-corrected chi connectivity index (χ2v) is 5.01. The molecule has 0 saturated carbocycles. The Labute approximate surface area is 117 Å². The third kappa shape index (κ3) is 3.24. The van der Waals surface area contributed by atoms with Crippen LogP contribution in [0.25, 0.3) is 0 Å². The number of amides is 2. The first-order valence-corrected chi connectivity index (χ1v) is 6.49. The lowest BCUT2D eigenvalue weighted by atomic mass is 10.1. The lowest BCUT2D eigenvalue weighted by Crippen LogP contribution is -2.48. The number of aromatic nitrogens is 1. The minimum absolute atomic E-state index is 0.0204. The van der Waals surface area contributed by atoms with E-state index in [9.17, 15) is 9.59 Å². The molecule has 0 aliphatic carbocycles. The van der Waals surface area contributed by atoms with Crippen LogP contribution in [0, 0.1) is 6.92 Å². The summed E-state index contributed by atoms with van der Waals surface area (Å²) in [7, 11) is 1.74. The summed E-state index contributed by atoms with van der Waals surface area (Å²) in [5.41, 5.74) is 3.65. The fourth-order valence-corrected chi connectivity index (χ4v) is 2.27. The van der Waals surface area contributed by atoms with Crippen LogP contribution in [0.5, 0.6) is 0 Å². The van der Waals surface area contributed by atoms with Gasteiger partial charge in [-0.05, 0) is 25.5 Å². The molecule has 0 aromatic carbocycles. The predicted molar refractivity (Wildman–Crippen MR) is 74.9 cm³/mol. The van der Waals surface area contributed by atoms with Crippen LogP contribution < -0.4 is 16.6 Å². The number of rotatable bonds is 3. The number of nitrogens with two attached hydrogens (primary N) is 1. The first-order valence-electron chi connectivity index (χ1n) is 6.49. The van der Waals surface area contributed by atoms with E-state index in [0.717, 1.165) is 0 Å². The second-order valence-electron chi connectivity index (χ2n) is 5.01. The topological polar surface area (TPSA) is 100 Å². The molecule has 2 rings (SSSR count). The summed E-state index contributed by atoms with van der Waals surface area (Å²) in [4.78, 5) is 29.4. The van der Waals surface area contributed by atoms with Gasteiger partial charge >= 0.3 is 0 Å². The summed E-state index contributed by atoms with van der Waals surface area (Å²) in [5, 5.41) is 2.94. The van der Waals surface area contributed by atoms with E-state index in [1.807, 2.05) is 0 Å². The molecular formula is C13H19N5O2. The average Bonchev–Trinajstić information content (AvgIpc) is 2.42. The van der Waals surface area contributed by atoms with Crippen LogP contribution >= 0.6 is 0 Å². The fourth-order valence-electron chi connectivity index (χ4n) is 2.27. The molecule has 1 aliphatic heterocycles. The predicted octanol–water partition coefficient (Wildman–Crippen LogP) is 0.0262. The number of nitrogen functional groups attached to an aromatic ring is 1. The van der Waals surface area contributed by atoms with Crippen molar-refractivity contribution in [2.75, 3.05) is 19.0 Å². The van der Waals surface area contributed by atoms with Crippen molar-refractivity contribution < 1.29 is 9.59 Å². The van der Waals surface area contributed by atoms with E-state index in [0.29, 0.717) is 36.5 Å². The molecule has 1 aromatic rings. The highest BCUT2D eigenvalue weighted by atomic mass is 16.2. The average molecular weight is 277 g/mol. The van der Waals surface area contributed by atoms with Crippen LogP contribution in [-0.4, -0.2) is 41.3 Å². The number of piperidine rings is 1. The molecule has 1 aliphatic rings. The molecule has 20 heavy (non-hydrogen) atoms. The van der Waals surface area contributed by atoms with E-state index in [1.165, 1.54) is 0 Å². The fraction of sp³-hybridized carbons (Fsp3) is 0.462. The molecule has 7 heteroatoms. The maximum absolute atomic E-state index is 12.2. The number of pyridine rings is 1. The summed E-state index contributed by atoms with van der Waals surface area (Å²) < 4.78 is 0. The molecule has 2 amide bonds. The summed E-state index contributed by atoms with van der Waals surface area (Å²) in [6, 6.07) is 3.28. The number of nitrogens with zero attached hydrogens (tertiary/aromatic N) is 2. The van der Waals surface area contributed by atoms with E-state index >= 15 is 0 Å². The van der Waals surface area contributed by atoms with Gasteiger partial charge in [0.1, 0.15) is 5.82 Å². The molecule has 4 N–H and O–H groups in total. The van der Waals surface area contributed by atoms with Gasteiger partial charge in [0.25, 0.3) is 5.91 Å². The lowest BCUT2D eigenvalue weighted by molar-refractivity contribution is -0.132. The van der Waals surface area contributed by atoms with E-state index in [-0.39, 0.29) is 17.9 Å². The van der Waals surface area contributed by atoms with Gasteiger partial charge in [-0.3, -0.25) is 9.59 Å². The first kappa shape index (κ1) is 14.3. The Kier molecular flexibility index (Phi) is 4.19. The zero-order valence-electron chi connectivity index (χ0n) is 11.6. The van der Waals surface area contributed by atoms with Gasteiger partial charge < -0.3 is 15.6 Å². The van der Waals surface area contributed by atoms with Crippen molar-refractivity contribution >= 4 is 17.6 Å². The van der Waals surface area contributed by atoms with Crippen molar-refractivity contribution in [3.63, 3.8) is 0 Å². The SMILES string of the molecule is Cc1cc(C(=O)NC2CCC(=O)N(C)C2)cc(NN)n1. The highest BCUT2D eigenvalue weighted by Crippen LogP contribution is 2.12. The molecule has 7 nitrogen and oxygen atoms in total. The van der Waals surface area contributed by atoms with Crippen LogP contribution in [0.1, 0.15) is 28.9 Å². The van der Waals surface area contributed by atoms with Crippen LogP contribution in [0.2, 0.25) is 0 Å². The van der Waals surface area contributed by atoms with Crippen LogP contribution in [0.4, 0.5) is 5.82 Å². The number of aryl methyl sites for hydroxylation is 1. The standard InChI is InChI=1S/C13H19N5O2/c1-8-5-9(6-11(15-8)17-14)13(20)16-10-3-4-12(19)18(2)7-10/h5-6,10H,3-4,7,14H2,1-2H3,(H,15,17)(H,16,20). The summed E-state index contributed by atoms with van der Waals surface area (Å²) in [5.74, 6) is 5.70. The van der Waals surface area contributed by atoms with Gasteiger partial charge in [0.05, 0.1) is 0 Å². The minimum atomic E-state index is -0.181. The molecule has 1 atom stereocenters. The Morgan fingerprint density at radius 2 is 2.25 bits per heavy atom. The van der Waals surface area contributed by atoms with Gasteiger partial charge in [0.15, 0.2) is 0 Å². The number of hydrazine groups is 1. The number of nitrogens with one attached hydrogen (secondary N) is 2. The van der Waals surface area contributed by atoms with E-state index < -0.39 is 0 Å². The molecule has 1 saturated heterocycles. The van der Waals surface area contributed by atoms with Crippen LogP contribution in [0.3, 0.4) is 0 Å². The molecule has 2 heterocycles. The third-order valence-electron chi connectivity index (χ3n) is 3.33. The quantitative estimate of drug-likeness (QED) is 0.534. The van der Waals surface area contributed by atoms with Gasteiger partial charge in [-0.1, -0.05) is 0 Å². The lowest BCUT2D eigenvalue weighted by Gasteiger charge is -2.30. The Morgan fingerprint density at radius 3 is 2.90 bits per heavy atom. The Morgan fingerprint density at radius 1 is 1.50 bits per heavy atom. The largest absolute Gasteiger partial charge is 0.348 e. The van der Waals surface area contributed by atoms with Crippen molar-refractivity contribution in [1.82, 2.24) is 15.2 Å². The smallest absolute Gasteiger partial charge is 0.251 e. The number of carbonyl (C=O) groups is 2. The molecule has 1 unspecified atom stereocenters. The van der Waals surface area contributed by atoms with Gasteiger partial charge in [0, 0.05) is 37.3 Å². The van der Waals surface area contributed by atoms with E-state index in [4.69, 9.17) is 5.84 Å². The number of carbonyl (C=O) groups excluding carboxylic acids is 2. The zero-order valence-corrected chi connectivity index (χ0v) is 11.6. The zero-order chi connectivity index (χ0) is 14.7. The van der Waals surface area contributed by atoms with Gasteiger partial charge in [-0.15, -0.1) is 0 Å². The molecule has 1 aromatic heterocycles. The van der Waals surface area contributed by atoms with Crippen molar-refractivity contribution in [1.29, 1.82) is 0 Å². The van der Waals surface area contributed by atoms with Gasteiger partial charge in [-0.25, -0.2) is 10.8 Å². The second kappa shape index (κ2) is 5.87. The van der Waals surface area contributed by atoms with Crippen molar-refractivity contribution in [2.45, 2.75) is 25.8 Å². The summed E-state index contributed by atoms with van der Waals surface area (Å²) in [6.45, 7) is 2.33. The van der Waals surface area contributed by atoms with E-state index in [2.05, 4.69) is 15.7 Å². The van der Waals surface area contributed by atoms with Crippen molar-refractivity contribution in [2.24, 2.45) is 5.84 Å². The Bertz CT molecular complexity index is 531. The summed E-state index contributed by atoms with van der Waals surface area (Å²) in [6.07, 6.45) is 1.13. The number of hydrogen-bond donors (Lipinski definition) is 3. The maximum Gasteiger partial charge on any atom is 0.251 e. The number of likely N-dealkylation sites (N-methyl/N-ethyl adjacent to an activating group) is 1. The van der Waals surface area contributed by atoms with Gasteiger partial charge in [0.2, 0.25) is 5.91 Å². The molecular weight excluding hydrogens is 258 g/mol. The number of likely N-dealkylation sites (tertiary alicyclic amines) is 1. The maximum atomic E-state index is 12.2. The Hall–Kier alpha value is -2.15. The Balaban J connectivity index is 2.05. The molecule has 108 valence electrons.